The first kappa shape index (κ1) is 17.1. The number of rotatable bonds is 5. The Balaban J connectivity index is 1.65. The summed E-state index contributed by atoms with van der Waals surface area (Å²) in [6.07, 6.45) is 0.808. The highest BCUT2D eigenvalue weighted by Crippen LogP contribution is 2.33. The van der Waals surface area contributed by atoms with E-state index in [2.05, 4.69) is 0 Å². The Morgan fingerprint density at radius 3 is 2.36 bits per heavy atom. The van der Waals surface area contributed by atoms with Gasteiger partial charge in [-0.25, -0.2) is 4.39 Å². The van der Waals surface area contributed by atoms with Crippen molar-refractivity contribution in [1.29, 1.82) is 0 Å². The van der Waals surface area contributed by atoms with Crippen LogP contribution in [0.5, 0.6) is 0 Å². The highest BCUT2D eigenvalue weighted by atomic mass is 19.1. The number of aryl methyl sites for hydroxylation is 1. The molecule has 0 spiro atoms. The van der Waals surface area contributed by atoms with E-state index >= 15 is 0 Å². The first-order chi connectivity index (χ1) is 12.0. The van der Waals surface area contributed by atoms with Crippen molar-refractivity contribution in [2.45, 2.75) is 18.8 Å². The van der Waals surface area contributed by atoms with Gasteiger partial charge in [0.05, 0.1) is 5.92 Å². The maximum atomic E-state index is 12.9. The average Bonchev–Trinajstić information content (AvgIpc) is 3.07. The molecule has 1 fully saturated rings. The first-order valence-corrected chi connectivity index (χ1v) is 8.34. The maximum Gasteiger partial charge on any atom is 0.308 e. The van der Waals surface area contributed by atoms with E-state index in [1.165, 1.54) is 12.1 Å². The van der Waals surface area contributed by atoms with E-state index in [1.54, 1.807) is 17.0 Å². The minimum absolute atomic E-state index is 0.0611. The summed E-state index contributed by atoms with van der Waals surface area (Å²) in [6.45, 7) is 0.653. The first-order valence-electron chi connectivity index (χ1n) is 8.34. The van der Waals surface area contributed by atoms with Gasteiger partial charge in [0, 0.05) is 25.4 Å². The SMILES string of the molecule is O=C(O)C1CN(C(=O)CCc2ccc(F)cc2)CC1c1ccccc1. The van der Waals surface area contributed by atoms with Crippen molar-refractivity contribution in [1.82, 2.24) is 4.90 Å². The Hall–Kier alpha value is -2.69. The van der Waals surface area contributed by atoms with Crippen molar-refractivity contribution in [3.8, 4) is 0 Å². The smallest absolute Gasteiger partial charge is 0.308 e. The molecule has 1 amide bonds. The van der Waals surface area contributed by atoms with Crippen LogP contribution in [0.4, 0.5) is 4.39 Å². The second kappa shape index (κ2) is 7.47. The van der Waals surface area contributed by atoms with Crippen molar-refractivity contribution >= 4 is 11.9 Å². The van der Waals surface area contributed by atoms with Crippen LogP contribution in [0.15, 0.2) is 54.6 Å². The van der Waals surface area contributed by atoms with E-state index in [9.17, 15) is 19.1 Å². The molecule has 5 heteroatoms. The summed E-state index contributed by atoms with van der Waals surface area (Å²) < 4.78 is 12.9. The maximum absolute atomic E-state index is 12.9. The third-order valence-electron chi connectivity index (χ3n) is 4.76. The fourth-order valence-electron chi connectivity index (χ4n) is 3.36. The second-order valence-corrected chi connectivity index (χ2v) is 6.39. The molecule has 4 nitrogen and oxygen atoms in total. The highest BCUT2D eigenvalue weighted by molar-refractivity contribution is 5.79. The molecule has 0 saturated carbocycles. The van der Waals surface area contributed by atoms with Crippen LogP contribution in [0.3, 0.4) is 0 Å². The summed E-state index contributed by atoms with van der Waals surface area (Å²) >= 11 is 0. The number of aliphatic carboxylic acids is 1. The lowest BCUT2D eigenvalue weighted by Crippen LogP contribution is -2.30. The summed E-state index contributed by atoms with van der Waals surface area (Å²) in [5, 5.41) is 9.50. The van der Waals surface area contributed by atoms with Crippen LogP contribution < -0.4 is 0 Å². The molecule has 0 aromatic heterocycles. The van der Waals surface area contributed by atoms with Gasteiger partial charge in [0.15, 0.2) is 0 Å². The van der Waals surface area contributed by atoms with Gasteiger partial charge in [0.25, 0.3) is 0 Å². The molecule has 1 saturated heterocycles. The molecular weight excluding hydrogens is 321 g/mol. The van der Waals surface area contributed by atoms with E-state index in [1.807, 2.05) is 30.3 Å². The number of hydrogen-bond donors (Lipinski definition) is 1. The van der Waals surface area contributed by atoms with Gasteiger partial charge in [0.1, 0.15) is 5.82 Å². The fraction of sp³-hybridized carbons (Fsp3) is 0.300. The molecule has 2 aromatic rings. The normalized spacial score (nSPS) is 19.8. The third kappa shape index (κ3) is 4.05. The minimum atomic E-state index is -0.873. The largest absolute Gasteiger partial charge is 0.481 e. The van der Waals surface area contributed by atoms with Crippen LogP contribution in [-0.2, 0) is 16.0 Å². The number of hydrogen-bond acceptors (Lipinski definition) is 2. The van der Waals surface area contributed by atoms with E-state index in [0.29, 0.717) is 19.4 Å². The Morgan fingerprint density at radius 1 is 1.04 bits per heavy atom. The lowest BCUT2D eigenvalue weighted by Gasteiger charge is -2.16. The quantitative estimate of drug-likeness (QED) is 0.909. The van der Waals surface area contributed by atoms with Crippen LogP contribution in [-0.4, -0.2) is 35.0 Å². The number of likely N-dealkylation sites (tertiary alicyclic amines) is 1. The molecule has 0 radical (unpaired) electrons. The van der Waals surface area contributed by atoms with E-state index in [4.69, 9.17) is 0 Å². The molecule has 2 aromatic carbocycles. The number of halogens is 1. The van der Waals surface area contributed by atoms with E-state index < -0.39 is 11.9 Å². The van der Waals surface area contributed by atoms with Gasteiger partial charge in [-0.05, 0) is 29.7 Å². The molecular formula is C20H20FNO3. The molecule has 2 atom stereocenters. The number of benzene rings is 2. The summed E-state index contributed by atoms with van der Waals surface area (Å²) in [6, 6.07) is 15.6. The Kier molecular flexibility index (Phi) is 5.12. The molecule has 0 aliphatic carbocycles. The zero-order valence-corrected chi connectivity index (χ0v) is 13.8. The summed E-state index contributed by atoms with van der Waals surface area (Å²) in [5.41, 5.74) is 1.84. The predicted octanol–water partition coefficient (Wildman–Crippen LogP) is 3.09. The highest BCUT2D eigenvalue weighted by Gasteiger charge is 2.40. The summed E-state index contributed by atoms with van der Waals surface area (Å²) in [4.78, 5) is 25.7. The third-order valence-corrected chi connectivity index (χ3v) is 4.76. The average molecular weight is 341 g/mol. The molecule has 3 rings (SSSR count). The van der Waals surface area contributed by atoms with Crippen LogP contribution >= 0.6 is 0 Å². The lowest BCUT2D eigenvalue weighted by atomic mass is 9.89. The van der Waals surface area contributed by atoms with Gasteiger partial charge in [-0.1, -0.05) is 42.5 Å². The second-order valence-electron chi connectivity index (χ2n) is 6.39. The molecule has 25 heavy (non-hydrogen) atoms. The van der Waals surface area contributed by atoms with Gasteiger partial charge in [-0.15, -0.1) is 0 Å². The van der Waals surface area contributed by atoms with Crippen LogP contribution in [0.2, 0.25) is 0 Å². The summed E-state index contributed by atoms with van der Waals surface area (Å²) in [5.74, 6) is -2.01. The topological polar surface area (TPSA) is 57.6 Å². The Bertz CT molecular complexity index is 745. The van der Waals surface area contributed by atoms with Gasteiger partial charge in [-0.2, -0.15) is 0 Å². The molecule has 1 aliphatic rings. The number of carbonyl (C=O) groups is 2. The van der Waals surface area contributed by atoms with Crippen LogP contribution in [0.25, 0.3) is 0 Å². The molecule has 0 bridgehead atoms. The Morgan fingerprint density at radius 2 is 1.72 bits per heavy atom. The van der Waals surface area contributed by atoms with Crippen LogP contribution in [0.1, 0.15) is 23.5 Å². The van der Waals surface area contributed by atoms with Crippen LogP contribution in [0, 0.1) is 11.7 Å². The number of carbonyl (C=O) groups excluding carboxylic acids is 1. The predicted molar refractivity (Wildman–Crippen MR) is 91.6 cm³/mol. The standard InChI is InChI=1S/C20H20FNO3/c21-16-9-6-14(7-10-16)8-11-19(23)22-12-17(18(13-22)20(24)25)15-4-2-1-3-5-15/h1-7,9-10,17-18H,8,11-13H2,(H,24,25). The van der Waals surface area contributed by atoms with Crippen molar-refractivity contribution in [3.05, 3.63) is 71.5 Å². The fourth-order valence-corrected chi connectivity index (χ4v) is 3.36. The summed E-state index contributed by atoms with van der Waals surface area (Å²) in [7, 11) is 0. The van der Waals surface area contributed by atoms with Crippen molar-refractivity contribution in [2.24, 2.45) is 5.92 Å². The van der Waals surface area contributed by atoms with E-state index in [-0.39, 0.29) is 24.2 Å². The number of carboxylic acid groups (broad SMARTS) is 1. The van der Waals surface area contributed by atoms with Gasteiger partial charge in [-0.3, -0.25) is 9.59 Å². The van der Waals surface area contributed by atoms with Crippen molar-refractivity contribution in [3.63, 3.8) is 0 Å². The zero-order chi connectivity index (χ0) is 17.8. The molecule has 1 aliphatic heterocycles. The molecule has 1 heterocycles. The zero-order valence-electron chi connectivity index (χ0n) is 13.8. The van der Waals surface area contributed by atoms with Gasteiger partial charge >= 0.3 is 5.97 Å². The number of amides is 1. The van der Waals surface area contributed by atoms with Gasteiger partial charge < -0.3 is 10.0 Å². The number of nitrogens with zero attached hydrogens (tertiary/aromatic N) is 1. The molecule has 130 valence electrons. The monoisotopic (exact) mass is 341 g/mol. The number of carboxylic acids is 1. The Labute approximate surface area is 145 Å². The lowest BCUT2D eigenvalue weighted by molar-refractivity contribution is -0.141. The molecule has 1 N–H and O–H groups in total. The van der Waals surface area contributed by atoms with Crippen molar-refractivity contribution < 1.29 is 19.1 Å². The van der Waals surface area contributed by atoms with Gasteiger partial charge in [0.2, 0.25) is 5.91 Å². The minimum Gasteiger partial charge on any atom is -0.481 e. The van der Waals surface area contributed by atoms with E-state index in [0.717, 1.165) is 11.1 Å². The van der Waals surface area contributed by atoms with Crippen molar-refractivity contribution in [2.75, 3.05) is 13.1 Å². The molecule has 2 unspecified atom stereocenters.